The van der Waals surface area contributed by atoms with E-state index in [1.807, 2.05) is 0 Å². The second kappa shape index (κ2) is 5.20. The van der Waals surface area contributed by atoms with Crippen LogP contribution in [0.4, 0.5) is 5.69 Å². The number of ether oxygens (including phenoxy) is 3. The van der Waals surface area contributed by atoms with Gasteiger partial charge >= 0.3 is 0 Å². The highest BCUT2D eigenvalue weighted by atomic mass is 16.7. The van der Waals surface area contributed by atoms with E-state index >= 15 is 0 Å². The van der Waals surface area contributed by atoms with Gasteiger partial charge < -0.3 is 24.8 Å². The molecule has 6 heteroatoms. The standard InChI is InChI=1S/C14H18N2O4/c1-18-9-3-2-4-16(7-9)14(17)10-5-12-13(6-11(10)15)20-8-19-12/h5-6,9H,2-4,7-8,15H2,1H3. The number of nitrogen functional groups attached to an aromatic ring is 1. The number of anilines is 1. The molecule has 2 aliphatic rings. The molecular weight excluding hydrogens is 260 g/mol. The quantitative estimate of drug-likeness (QED) is 0.824. The predicted octanol–water partition coefficient (Wildman–Crippen LogP) is 1.25. The molecule has 1 fully saturated rings. The summed E-state index contributed by atoms with van der Waals surface area (Å²) < 4.78 is 15.9. The highest BCUT2D eigenvalue weighted by Crippen LogP contribution is 2.36. The van der Waals surface area contributed by atoms with E-state index < -0.39 is 0 Å². The number of carbonyl (C=O) groups excluding carboxylic acids is 1. The number of methoxy groups -OCH3 is 1. The molecule has 1 saturated heterocycles. The van der Waals surface area contributed by atoms with Gasteiger partial charge in [0.15, 0.2) is 11.5 Å². The Morgan fingerprint density at radius 2 is 2.15 bits per heavy atom. The van der Waals surface area contributed by atoms with Crippen molar-refractivity contribution < 1.29 is 19.0 Å². The van der Waals surface area contributed by atoms with Gasteiger partial charge in [0, 0.05) is 32.0 Å². The summed E-state index contributed by atoms with van der Waals surface area (Å²) in [6.45, 7) is 1.50. The molecule has 0 spiro atoms. The Hall–Kier alpha value is -1.95. The first kappa shape index (κ1) is 13.1. The highest BCUT2D eigenvalue weighted by molar-refractivity contribution is 6.00. The smallest absolute Gasteiger partial charge is 0.256 e. The van der Waals surface area contributed by atoms with Crippen LogP contribution in [0.15, 0.2) is 12.1 Å². The zero-order valence-electron chi connectivity index (χ0n) is 11.4. The molecule has 0 aromatic heterocycles. The molecule has 108 valence electrons. The SMILES string of the molecule is COC1CCCN(C(=O)c2cc3c(cc2N)OCO3)C1. The maximum Gasteiger partial charge on any atom is 0.256 e. The van der Waals surface area contributed by atoms with Crippen molar-refractivity contribution in [2.24, 2.45) is 0 Å². The average molecular weight is 278 g/mol. The number of nitrogens with two attached hydrogens (primary N) is 1. The molecule has 1 unspecified atom stereocenters. The van der Waals surface area contributed by atoms with Gasteiger partial charge in [-0.2, -0.15) is 0 Å². The van der Waals surface area contributed by atoms with Crippen LogP contribution in [0.2, 0.25) is 0 Å². The summed E-state index contributed by atoms with van der Waals surface area (Å²) in [5.74, 6) is 1.08. The van der Waals surface area contributed by atoms with Crippen molar-refractivity contribution >= 4 is 11.6 Å². The van der Waals surface area contributed by atoms with Crippen molar-refractivity contribution in [3.05, 3.63) is 17.7 Å². The van der Waals surface area contributed by atoms with E-state index in [9.17, 15) is 4.79 Å². The van der Waals surface area contributed by atoms with Crippen molar-refractivity contribution in [3.8, 4) is 11.5 Å². The normalized spacial score (nSPS) is 21.1. The maximum atomic E-state index is 12.6. The number of nitrogens with zero attached hydrogens (tertiary/aromatic N) is 1. The minimum Gasteiger partial charge on any atom is -0.454 e. The lowest BCUT2D eigenvalue weighted by Crippen LogP contribution is -2.43. The van der Waals surface area contributed by atoms with E-state index in [4.69, 9.17) is 19.9 Å². The van der Waals surface area contributed by atoms with Gasteiger partial charge in [0.2, 0.25) is 6.79 Å². The third-order valence-corrected chi connectivity index (χ3v) is 3.77. The van der Waals surface area contributed by atoms with Crippen molar-refractivity contribution in [1.82, 2.24) is 4.90 Å². The number of benzene rings is 1. The second-order valence-corrected chi connectivity index (χ2v) is 5.04. The van der Waals surface area contributed by atoms with Crippen molar-refractivity contribution in [2.75, 3.05) is 32.7 Å². The Labute approximate surface area is 117 Å². The van der Waals surface area contributed by atoms with Gasteiger partial charge in [-0.05, 0) is 18.9 Å². The number of fused-ring (bicyclic) bond motifs is 1. The lowest BCUT2D eigenvalue weighted by atomic mass is 10.1. The number of hydrogen-bond acceptors (Lipinski definition) is 5. The fourth-order valence-corrected chi connectivity index (χ4v) is 2.63. The summed E-state index contributed by atoms with van der Waals surface area (Å²) in [5.41, 5.74) is 6.83. The minimum absolute atomic E-state index is 0.0810. The minimum atomic E-state index is -0.0810. The zero-order chi connectivity index (χ0) is 14.1. The molecule has 1 aromatic rings. The molecule has 2 heterocycles. The van der Waals surface area contributed by atoms with Gasteiger partial charge in [0.1, 0.15) is 0 Å². The fraction of sp³-hybridized carbons (Fsp3) is 0.500. The largest absolute Gasteiger partial charge is 0.454 e. The van der Waals surface area contributed by atoms with Gasteiger partial charge in [-0.1, -0.05) is 0 Å². The van der Waals surface area contributed by atoms with Crippen LogP contribution in [0.3, 0.4) is 0 Å². The molecule has 2 aliphatic heterocycles. The molecule has 0 bridgehead atoms. The number of hydrogen-bond donors (Lipinski definition) is 1. The molecule has 20 heavy (non-hydrogen) atoms. The Balaban J connectivity index is 1.83. The van der Waals surface area contributed by atoms with Crippen LogP contribution in [-0.2, 0) is 4.74 Å². The van der Waals surface area contributed by atoms with Crippen molar-refractivity contribution in [2.45, 2.75) is 18.9 Å². The third-order valence-electron chi connectivity index (χ3n) is 3.77. The molecule has 1 amide bonds. The zero-order valence-corrected chi connectivity index (χ0v) is 11.4. The monoisotopic (exact) mass is 278 g/mol. The van der Waals surface area contributed by atoms with E-state index in [0.29, 0.717) is 29.3 Å². The Bertz CT molecular complexity index is 532. The number of piperidine rings is 1. The molecule has 3 rings (SSSR count). The topological polar surface area (TPSA) is 74.0 Å². The highest BCUT2D eigenvalue weighted by Gasteiger charge is 2.27. The van der Waals surface area contributed by atoms with Gasteiger partial charge in [0.25, 0.3) is 5.91 Å². The molecule has 1 aromatic carbocycles. The fourth-order valence-electron chi connectivity index (χ4n) is 2.63. The Kier molecular flexibility index (Phi) is 3.40. The molecule has 0 saturated carbocycles. The van der Waals surface area contributed by atoms with Crippen LogP contribution >= 0.6 is 0 Å². The lowest BCUT2D eigenvalue weighted by molar-refractivity contribution is 0.0269. The van der Waals surface area contributed by atoms with Crippen LogP contribution in [0.25, 0.3) is 0 Å². The van der Waals surface area contributed by atoms with E-state index in [1.54, 1.807) is 24.1 Å². The summed E-state index contributed by atoms with van der Waals surface area (Å²) >= 11 is 0. The molecule has 1 atom stereocenters. The van der Waals surface area contributed by atoms with Crippen molar-refractivity contribution in [3.63, 3.8) is 0 Å². The molecule has 0 radical (unpaired) electrons. The molecule has 6 nitrogen and oxygen atoms in total. The van der Waals surface area contributed by atoms with Crippen LogP contribution in [0, 0.1) is 0 Å². The number of rotatable bonds is 2. The van der Waals surface area contributed by atoms with Crippen LogP contribution < -0.4 is 15.2 Å². The van der Waals surface area contributed by atoms with Gasteiger partial charge in [-0.25, -0.2) is 0 Å². The average Bonchev–Trinajstić information content (AvgIpc) is 2.92. The first-order chi connectivity index (χ1) is 9.69. The number of carbonyl (C=O) groups is 1. The van der Waals surface area contributed by atoms with Crippen LogP contribution in [0.1, 0.15) is 23.2 Å². The number of amides is 1. The summed E-state index contributed by atoms with van der Waals surface area (Å²) in [5, 5.41) is 0. The lowest BCUT2D eigenvalue weighted by Gasteiger charge is -2.32. The van der Waals surface area contributed by atoms with Gasteiger partial charge in [-0.3, -0.25) is 4.79 Å². The molecular formula is C14H18N2O4. The third kappa shape index (κ3) is 2.27. The summed E-state index contributed by atoms with van der Waals surface area (Å²) in [7, 11) is 1.67. The number of likely N-dealkylation sites (tertiary alicyclic amines) is 1. The van der Waals surface area contributed by atoms with Crippen LogP contribution in [0.5, 0.6) is 11.5 Å². The Morgan fingerprint density at radius 3 is 2.90 bits per heavy atom. The van der Waals surface area contributed by atoms with E-state index in [-0.39, 0.29) is 18.8 Å². The molecule has 2 N–H and O–H groups in total. The van der Waals surface area contributed by atoms with Gasteiger partial charge in [-0.15, -0.1) is 0 Å². The summed E-state index contributed by atoms with van der Waals surface area (Å²) in [6.07, 6.45) is 2.02. The van der Waals surface area contributed by atoms with E-state index in [0.717, 1.165) is 19.4 Å². The summed E-state index contributed by atoms with van der Waals surface area (Å²) in [6, 6.07) is 3.31. The Morgan fingerprint density at radius 1 is 1.40 bits per heavy atom. The van der Waals surface area contributed by atoms with Crippen molar-refractivity contribution in [1.29, 1.82) is 0 Å². The predicted molar refractivity (Wildman–Crippen MR) is 72.9 cm³/mol. The van der Waals surface area contributed by atoms with E-state index in [1.165, 1.54) is 0 Å². The van der Waals surface area contributed by atoms with E-state index in [2.05, 4.69) is 0 Å². The maximum absolute atomic E-state index is 12.6. The molecule has 0 aliphatic carbocycles. The first-order valence-electron chi connectivity index (χ1n) is 6.70. The first-order valence-corrected chi connectivity index (χ1v) is 6.70. The van der Waals surface area contributed by atoms with Crippen LogP contribution in [-0.4, -0.2) is 43.9 Å². The van der Waals surface area contributed by atoms with Gasteiger partial charge in [0.05, 0.1) is 11.7 Å². The second-order valence-electron chi connectivity index (χ2n) is 5.04. The summed E-state index contributed by atoms with van der Waals surface area (Å²) in [4.78, 5) is 14.4.